The minimum Gasteiger partial charge on any atom is -0.305 e. The molecule has 0 aliphatic carbocycles. The number of pyridine rings is 1. The van der Waals surface area contributed by atoms with E-state index >= 15 is 0 Å². The van der Waals surface area contributed by atoms with Crippen LogP contribution in [0.4, 0.5) is 10.2 Å². The van der Waals surface area contributed by atoms with Gasteiger partial charge in [-0.15, -0.1) is 0 Å². The van der Waals surface area contributed by atoms with Crippen molar-refractivity contribution in [1.29, 1.82) is 0 Å². The number of carbonyl (C=O) groups is 1. The summed E-state index contributed by atoms with van der Waals surface area (Å²) in [6, 6.07) is 15.5. The lowest BCUT2D eigenvalue weighted by molar-refractivity contribution is 0.102. The summed E-state index contributed by atoms with van der Waals surface area (Å²) in [7, 11) is 0. The van der Waals surface area contributed by atoms with Crippen molar-refractivity contribution in [3.63, 3.8) is 0 Å². The number of nitrogens with one attached hydrogen (secondary N) is 1. The Morgan fingerprint density at radius 3 is 2.69 bits per heavy atom. The van der Waals surface area contributed by atoms with Gasteiger partial charge >= 0.3 is 0 Å². The van der Waals surface area contributed by atoms with Crippen LogP contribution in [-0.4, -0.2) is 30.5 Å². The van der Waals surface area contributed by atoms with Gasteiger partial charge in [-0.1, -0.05) is 35.9 Å². The molecule has 0 unspecified atom stereocenters. The second kappa shape index (κ2) is 9.31. The third kappa shape index (κ3) is 4.52. The third-order valence-corrected chi connectivity index (χ3v) is 6.13. The van der Waals surface area contributed by atoms with E-state index in [1.54, 1.807) is 30.5 Å². The van der Waals surface area contributed by atoms with Crippen LogP contribution in [0.15, 0.2) is 67.0 Å². The number of fused-ring (bicyclic) bond motifs is 1. The maximum atomic E-state index is 14.1. The van der Waals surface area contributed by atoms with Crippen molar-refractivity contribution in [2.75, 3.05) is 5.32 Å². The van der Waals surface area contributed by atoms with Crippen LogP contribution in [0.3, 0.4) is 0 Å². The number of aromatic nitrogens is 5. The molecule has 0 radical (unpaired) electrons. The molecular weight excluding hydrogens is 467 g/mol. The summed E-state index contributed by atoms with van der Waals surface area (Å²) in [5.74, 6) is -0.379. The monoisotopic (exact) mass is 488 g/mol. The zero-order valence-electron chi connectivity index (χ0n) is 19.2. The molecule has 0 atom stereocenters. The highest BCUT2D eigenvalue weighted by atomic mass is 35.5. The molecule has 0 aliphatic heterocycles. The summed E-state index contributed by atoms with van der Waals surface area (Å²) in [4.78, 5) is 18.1. The van der Waals surface area contributed by atoms with Crippen LogP contribution in [0.2, 0.25) is 5.02 Å². The first-order chi connectivity index (χ1) is 16.9. The van der Waals surface area contributed by atoms with Gasteiger partial charge in [0.05, 0.1) is 29.0 Å². The summed E-state index contributed by atoms with van der Waals surface area (Å²) < 4.78 is 17.5. The van der Waals surface area contributed by atoms with Gasteiger partial charge in [0.15, 0.2) is 5.82 Å². The number of carbonyl (C=O) groups excluding carboxylic acids is 1. The number of para-hydroxylation sites is 1. The van der Waals surface area contributed by atoms with E-state index in [2.05, 4.69) is 15.5 Å². The molecule has 5 rings (SSSR count). The van der Waals surface area contributed by atoms with Gasteiger partial charge in [-0.25, -0.2) is 9.37 Å². The van der Waals surface area contributed by atoms with Crippen LogP contribution < -0.4 is 5.32 Å². The number of benzene rings is 2. The molecule has 5 aromatic rings. The predicted molar refractivity (Wildman–Crippen MR) is 134 cm³/mol. The summed E-state index contributed by atoms with van der Waals surface area (Å²) in [5, 5.41) is 12.8. The fraction of sp³-hybridized carbons (Fsp3) is 0.154. The number of nitrogens with zero attached hydrogens (tertiary/aromatic N) is 5. The number of rotatable bonds is 6. The highest BCUT2D eigenvalue weighted by molar-refractivity contribution is 6.31. The highest BCUT2D eigenvalue weighted by Crippen LogP contribution is 2.27. The Morgan fingerprint density at radius 2 is 1.91 bits per heavy atom. The van der Waals surface area contributed by atoms with E-state index in [-0.39, 0.29) is 12.5 Å². The van der Waals surface area contributed by atoms with Gasteiger partial charge in [0, 0.05) is 46.5 Å². The molecule has 0 bridgehead atoms. The lowest BCUT2D eigenvalue weighted by Crippen LogP contribution is -2.14. The summed E-state index contributed by atoms with van der Waals surface area (Å²) >= 11 is 6.13. The van der Waals surface area contributed by atoms with E-state index in [0.29, 0.717) is 33.2 Å². The Morgan fingerprint density at radius 1 is 1.09 bits per heavy atom. The zero-order valence-corrected chi connectivity index (χ0v) is 19.9. The Kier molecular flexibility index (Phi) is 6.05. The van der Waals surface area contributed by atoms with Crippen molar-refractivity contribution in [2.45, 2.75) is 26.9 Å². The number of aryl methyl sites for hydroxylation is 2. The van der Waals surface area contributed by atoms with Gasteiger partial charge in [0.2, 0.25) is 0 Å². The number of halogens is 2. The number of anilines is 1. The van der Waals surface area contributed by atoms with E-state index in [0.717, 1.165) is 23.2 Å². The Bertz CT molecular complexity index is 1540. The zero-order chi connectivity index (χ0) is 24.5. The average molecular weight is 489 g/mol. The van der Waals surface area contributed by atoms with E-state index in [1.807, 2.05) is 49.0 Å². The first-order valence-electron chi connectivity index (χ1n) is 11.1. The molecule has 1 N–H and O–H groups in total. The van der Waals surface area contributed by atoms with E-state index in [4.69, 9.17) is 16.6 Å². The van der Waals surface area contributed by atoms with Crippen molar-refractivity contribution >= 4 is 34.2 Å². The summed E-state index contributed by atoms with van der Waals surface area (Å²) in [6.45, 7) is 4.82. The lowest BCUT2D eigenvalue weighted by atomic mass is 10.0. The van der Waals surface area contributed by atoms with E-state index < -0.39 is 5.82 Å². The lowest BCUT2D eigenvalue weighted by Gasteiger charge is -2.09. The fourth-order valence-electron chi connectivity index (χ4n) is 3.98. The minimum absolute atomic E-state index is 0.143. The molecule has 0 saturated carbocycles. The van der Waals surface area contributed by atoms with Crippen molar-refractivity contribution in [1.82, 2.24) is 24.5 Å². The Balaban J connectivity index is 1.46. The molecule has 7 nitrogen and oxygen atoms in total. The fourth-order valence-corrected chi connectivity index (χ4v) is 4.20. The largest absolute Gasteiger partial charge is 0.305 e. The second-order valence-electron chi connectivity index (χ2n) is 8.11. The normalized spacial score (nSPS) is 11.2. The van der Waals surface area contributed by atoms with Crippen LogP contribution in [0.1, 0.15) is 28.5 Å². The highest BCUT2D eigenvalue weighted by Gasteiger charge is 2.17. The first-order valence-corrected chi connectivity index (χ1v) is 11.5. The van der Waals surface area contributed by atoms with Crippen LogP contribution in [0, 0.1) is 12.7 Å². The van der Waals surface area contributed by atoms with Gasteiger partial charge in [0.1, 0.15) is 5.82 Å². The summed E-state index contributed by atoms with van der Waals surface area (Å²) in [5.41, 5.74) is 3.90. The first kappa shape index (κ1) is 22.7. The smallest absolute Gasteiger partial charge is 0.257 e. The van der Waals surface area contributed by atoms with Crippen LogP contribution >= 0.6 is 11.6 Å². The minimum atomic E-state index is -0.406. The molecule has 0 spiro atoms. The molecule has 176 valence electrons. The van der Waals surface area contributed by atoms with E-state index in [1.165, 1.54) is 10.7 Å². The van der Waals surface area contributed by atoms with Crippen molar-refractivity contribution in [2.24, 2.45) is 0 Å². The molecule has 0 fully saturated rings. The van der Waals surface area contributed by atoms with Gasteiger partial charge in [-0.05, 0) is 38.1 Å². The third-order valence-electron chi connectivity index (χ3n) is 5.77. The molecule has 0 aliphatic rings. The number of hydrogen-bond donors (Lipinski definition) is 1. The standard InChI is InChI=1S/C26H22ClFN6O/c1-3-33-14-19(16(2)31-33)24-13-18(17-7-4-5-10-23(17)29-24)26(35)30-25-11-12-34(32-25)15-20-21(27)8-6-9-22(20)28/h4-14H,3,15H2,1-2H3,(H,30,32,35). The topological polar surface area (TPSA) is 77.6 Å². The molecule has 3 aromatic heterocycles. The molecule has 9 heteroatoms. The molecule has 2 aromatic carbocycles. The van der Waals surface area contributed by atoms with Gasteiger partial charge in [-0.2, -0.15) is 10.2 Å². The van der Waals surface area contributed by atoms with Crippen LogP contribution in [0.5, 0.6) is 0 Å². The summed E-state index contributed by atoms with van der Waals surface area (Å²) in [6.07, 6.45) is 3.60. The van der Waals surface area contributed by atoms with Gasteiger partial charge in [0.25, 0.3) is 5.91 Å². The maximum absolute atomic E-state index is 14.1. The number of amides is 1. The Labute approximate surface area is 206 Å². The maximum Gasteiger partial charge on any atom is 0.257 e. The SMILES string of the molecule is CCn1cc(-c2cc(C(=O)Nc3ccn(Cc4c(F)cccc4Cl)n3)c3ccccc3n2)c(C)n1. The molecular formula is C26H22ClFN6O. The van der Waals surface area contributed by atoms with Crippen molar-refractivity contribution < 1.29 is 9.18 Å². The average Bonchev–Trinajstić information content (AvgIpc) is 3.46. The Hall–Kier alpha value is -4.04. The van der Waals surface area contributed by atoms with Gasteiger partial charge < -0.3 is 5.32 Å². The molecule has 3 heterocycles. The molecule has 35 heavy (non-hydrogen) atoms. The quantitative estimate of drug-likeness (QED) is 0.332. The van der Waals surface area contributed by atoms with Crippen molar-refractivity contribution in [3.8, 4) is 11.3 Å². The second-order valence-corrected chi connectivity index (χ2v) is 8.52. The van der Waals surface area contributed by atoms with E-state index in [9.17, 15) is 9.18 Å². The van der Waals surface area contributed by atoms with Crippen LogP contribution in [-0.2, 0) is 13.1 Å². The van der Waals surface area contributed by atoms with Gasteiger partial charge in [-0.3, -0.25) is 14.2 Å². The van der Waals surface area contributed by atoms with Crippen LogP contribution in [0.25, 0.3) is 22.2 Å². The predicted octanol–water partition coefficient (Wildman–Crippen LogP) is 5.72. The molecule has 0 saturated heterocycles. The van der Waals surface area contributed by atoms with Crippen molar-refractivity contribution in [3.05, 3.63) is 94.7 Å². The molecule has 1 amide bonds. The number of hydrogen-bond acceptors (Lipinski definition) is 4.